The van der Waals surface area contributed by atoms with E-state index in [1.54, 1.807) is 6.07 Å². The number of fused-ring (bicyclic) bond motifs is 1. The van der Waals surface area contributed by atoms with Gasteiger partial charge in [0.15, 0.2) is 0 Å². The van der Waals surface area contributed by atoms with Crippen molar-refractivity contribution in [3.8, 4) is 0 Å². The average molecular weight is 275 g/mol. The van der Waals surface area contributed by atoms with Crippen LogP contribution in [0.2, 0.25) is 0 Å². The lowest BCUT2D eigenvalue weighted by molar-refractivity contribution is 0.0601. The molecule has 0 aliphatic rings. The van der Waals surface area contributed by atoms with Gasteiger partial charge in [-0.2, -0.15) is 0 Å². The molecule has 0 unspecified atom stereocenters. The van der Waals surface area contributed by atoms with Crippen molar-refractivity contribution in [3.05, 3.63) is 35.0 Å². The topological polar surface area (TPSA) is 79.4 Å². The van der Waals surface area contributed by atoms with Gasteiger partial charge >= 0.3 is 11.9 Å². The van der Waals surface area contributed by atoms with E-state index in [1.165, 1.54) is 13.2 Å². The molecule has 1 aromatic carbocycles. The molecule has 2 N–H and O–H groups in total. The first-order valence-electron chi connectivity index (χ1n) is 6.23. The van der Waals surface area contributed by atoms with Crippen LogP contribution >= 0.6 is 0 Å². The highest BCUT2D eigenvalue weighted by Crippen LogP contribution is 2.29. The van der Waals surface area contributed by atoms with Crippen LogP contribution in [0.5, 0.6) is 0 Å². The van der Waals surface area contributed by atoms with Crippen LogP contribution in [0.1, 0.15) is 47.2 Å². The second kappa shape index (κ2) is 4.67. The highest BCUT2D eigenvalue weighted by molar-refractivity contribution is 6.06. The van der Waals surface area contributed by atoms with Crippen molar-refractivity contribution in [2.24, 2.45) is 0 Å². The molecule has 20 heavy (non-hydrogen) atoms. The highest BCUT2D eigenvalue weighted by atomic mass is 16.5. The van der Waals surface area contributed by atoms with Crippen molar-refractivity contribution in [1.29, 1.82) is 0 Å². The number of hydrogen-bond acceptors (Lipinski definition) is 3. The van der Waals surface area contributed by atoms with Crippen molar-refractivity contribution in [1.82, 2.24) is 4.98 Å². The molecule has 0 amide bonds. The number of ether oxygens (including phenoxy) is 1. The largest absolute Gasteiger partial charge is 0.477 e. The van der Waals surface area contributed by atoms with E-state index in [4.69, 9.17) is 9.84 Å². The van der Waals surface area contributed by atoms with Crippen LogP contribution in [0.15, 0.2) is 18.2 Å². The number of carboxylic acid groups (broad SMARTS) is 1. The standard InChI is InChI=1S/C15H17NO4/c1-15(2,3)8-5-10(14(19)20-4)9-7-12(13(17)18)16-11(9)6-8/h5-7,16H,1-4H3,(H,17,18). The van der Waals surface area contributed by atoms with Crippen molar-refractivity contribution >= 4 is 22.8 Å². The Labute approximate surface area is 116 Å². The van der Waals surface area contributed by atoms with E-state index < -0.39 is 11.9 Å². The normalized spacial score (nSPS) is 11.6. The summed E-state index contributed by atoms with van der Waals surface area (Å²) in [6, 6.07) is 5.08. The van der Waals surface area contributed by atoms with Crippen LogP contribution in [0.3, 0.4) is 0 Å². The minimum atomic E-state index is -1.06. The molecule has 0 saturated heterocycles. The fourth-order valence-electron chi connectivity index (χ4n) is 2.06. The SMILES string of the molecule is COC(=O)c1cc(C(C)(C)C)cc2[nH]c(C(=O)O)cc12. The number of H-pyrrole nitrogens is 1. The fourth-order valence-corrected chi connectivity index (χ4v) is 2.06. The van der Waals surface area contributed by atoms with E-state index in [0.29, 0.717) is 16.5 Å². The van der Waals surface area contributed by atoms with Crippen molar-refractivity contribution in [3.63, 3.8) is 0 Å². The predicted molar refractivity (Wildman–Crippen MR) is 75.3 cm³/mol. The molecule has 5 nitrogen and oxygen atoms in total. The lowest BCUT2D eigenvalue weighted by Gasteiger charge is -2.20. The van der Waals surface area contributed by atoms with Crippen molar-refractivity contribution < 1.29 is 19.4 Å². The summed E-state index contributed by atoms with van der Waals surface area (Å²) >= 11 is 0. The van der Waals surface area contributed by atoms with Gasteiger partial charge < -0.3 is 14.8 Å². The second-order valence-electron chi connectivity index (χ2n) is 5.71. The van der Waals surface area contributed by atoms with Gasteiger partial charge in [-0.1, -0.05) is 20.8 Å². The molecule has 2 aromatic rings. The number of methoxy groups -OCH3 is 1. The van der Waals surface area contributed by atoms with E-state index in [0.717, 1.165) is 5.56 Å². The maximum absolute atomic E-state index is 11.9. The van der Waals surface area contributed by atoms with Gasteiger partial charge in [-0.3, -0.25) is 0 Å². The lowest BCUT2D eigenvalue weighted by atomic mass is 9.85. The first-order valence-corrected chi connectivity index (χ1v) is 6.23. The van der Waals surface area contributed by atoms with Gasteiger partial charge in [0.25, 0.3) is 0 Å². The molecule has 0 spiro atoms. The number of benzene rings is 1. The van der Waals surface area contributed by atoms with Crippen LogP contribution in [-0.2, 0) is 10.2 Å². The quantitative estimate of drug-likeness (QED) is 0.826. The number of aromatic amines is 1. The van der Waals surface area contributed by atoms with Crippen LogP contribution < -0.4 is 0 Å². The number of carboxylic acids is 1. The smallest absolute Gasteiger partial charge is 0.352 e. The minimum Gasteiger partial charge on any atom is -0.477 e. The van der Waals surface area contributed by atoms with Gasteiger partial charge in [-0.05, 0) is 29.2 Å². The Bertz CT molecular complexity index is 692. The molecule has 0 fully saturated rings. The first kappa shape index (κ1) is 14.1. The van der Waals surface area contributed by atoms with Gasteiger partial charge in [0.2, 0.25) is 0 Å². The van der Waals surface area contributed by atoms with E-state index >= 15 is 0 Å². The molecule has 106 valence electrons. The molecule has 0 atom stereocenters. The Morgan fingerprint density at radius 2 is 1.85 bits per heavy atom. The number of carbonyl (C=O) groups is 2. The summed E-state index contributed by atoms with van der Waals surface area (Å²) in [4.78, 5) is 25.8. The lowest BCUT2D eigenvalue weighted by Crippen LogP contribution is -2.13. The molecule has 0 saturated carbocycles. The Morgan fingerprint density at radius 3 is 2.35 bits per heavy atom. The van der Waals surface area contributed by atoms with Crippen LogP contribution in [0.4, 0.5) is 0 Å². The van der Waals surface area contributed by atoms with E-state index in [9.17, 15) is 9.59 Å². The van der Waals surface area contributed by atoms with Crippen molar-refractivity contribution in [2.75, 3.05) is 7.11 Å². The van der Waals surface area contributed by atoms with Gasteiger partial charge in [0, 0.05) is 10.9 Å². The van der Waals surface area contributed by atoms with Crippen LogP contribution in [0, 0.1) is 0 Å². The summed E-state index contributed by atoms with van der Waals surface area (Å²) in [7, 11) is 1.31. The van der Waals surface area contributed by atoms with Gasteiger partial charge in [-0.15, -0.1) is 0 Å². The second-order valence-corrected chi connectivity index (χ2v) is 5.71. The molecule has 2 rings (SSSR count). The molecule has 5 heteroatoms. The van der Waals surface area contributed by atoms with Gasteiger partial charge in [0.05, 0.1) is 12.7 Å². The average Bonchev–Trinajstić information content (AvgIpc) is 2.79. The van der Waals surface area contributed by atoms with E-state index in [1.807, 2.05) is 26.8 Å². The number of carbonyl (C=O) groups excluding carboxylic acids is 1. The molecule has 0 aliphatic heterocycles. The molecule has 1 heterocycles. The highest BCUT2D eigenvalue weighted by Gasteiger charge is 2.21. The maximum atomic E-state index is 11.9. The summed E-state index contributed by atoms with van der Waals surface area (Å²) in [6.45, 7) is 6.07. The van der Waals surface area contributed by atoms with E-state index in [2.05, 4.69) is 4.98 Å². The monoisotopic (exact) mass is 275 g/mol. The molecule has 0 aliphatic carbocycles. The number of hydrogen-bond donors (Lipinski definition) is 2. The Morgan fingerprint density at radius 1 is 1.20 bits per heavy atom. The molecule has 1 aromatic heterocycles. The summed E-state index contributed by atoms with van der Waals surface area (Å²) in [5, 5.41) is 9.61. The summed E-state index contributed by atoms with van der Waals surface area (Å²) < 4.78 is 4.78. The van der Waals surface area contributed by atoms with E-state index in [-0.39, 0.29) is 11.1 Å². The third kappa shape index (κ3) is 2.39. The van der Waals surface area contributed by atoms with Crippen LogP contribution in [-0.4, -0.2) is 29.1 Å². The zero-order valence-electron chi connectivity index (χ0n) is 11.9. The van der Waals surface area contributed by atoms with Crippen LogP contribution in [0.25, 0.3) is 10.9 Å². The number of esters is 1. The Kier molecular flexibility index (Phi) is 3.29. The summed E-state index contributed by atoms with van der Waals surface area (Å²) in [5.41, 5.74) is 1.82. The molecular weight excluding hydrogens is 258 g/mol. The summed E-state index contributed by atoms with van der Waals surface area (Å²) in [6.07, 6.45) is 0. The Balaban J connectivity index is 2.78. The van der Waals surface area contributed by atoms with Gasteiger partial charge in [0.1, 0.15) is 5.69 Å². The Hall–Kier alpha value is -2.30. The molecular formula is C15H17NO4. The molecule has 0 bridgehead atoms. The third-order valence-corrected chi connectivity index (χ3v) is 3.24. The number of aromatic carboxylic acids is 1. The molecule has 0 radical (unpaired) electrons. The van der Waals surface area contributed by atoms with Gasteiger partial charge in [-0.25, -0.2) is 9.59 Å². The minimum absolute atomic E-state index is 0.0520. The number of aromatic nitrogens is 1. The number of nitrogens with one attached hydrogen (secondary N) is 1. The predicted octanol–water partition coefficient (Wildman–Crippen LogP) is 2.95. The summed E-state index contributed by atoms with van der Waals surface area (Å²) in [5.74, 6) is -1.54. The maximum Gasteiger partial charge on any atom is 0.352 e. The third-order valence-electron chi connectivity index (χ3n) is 3.24. The van der Waals surface area contributed by atoms with Crippen molar-refractivity contribution in [2.45, 2.75) is 26.2 Å². The fraction of sp³-hybridized carbons (Fsp3) is 0.333. The number of rotatable bonds is 2. The first-order chi connectivity index (χ1) is 9.24. The zero-order chi connectivity index (χ0) is 15.1. The zero-order valence-corrected chi connectivity index (χ0v) is 11.9.